The fourth-order valence-corrected chi connectivity index (χ4v) is 3.00. The van der Waals surface area contributed by atoms with Gasteiger partial charge in [0.1, 0.15) is 12.7 Å². The number of hydrogen-bond donors (Lipinski definition) is 1. The lowest BCUT2D eigenvalue weighted by Gasteiger charge is -2.26. The van der Waals surface area contributed by atoms with E-state index in [1.54, 1.807) is 25.3 Å². The van der Waals surface area contributed by atoms with Gasteiger partial charge >= 0.3 is 0 Å². The number of carbonyl (C=O) groups is 1. The van der Waals surface area contributed by atoms with Crippen LogP contribution in [-0.4, -0.2) is 38.9 Å². The minimum Gasteiger partial charge on any atom is -0.493 e. The van der Waals surface area contributed by atoms with Gasteiger partial charge in [0, 0.05) is 6.08 Å². The molecule has 0 saturated carbocycles. The Kier molecular flexibility index (Phi) is 6.66. The highest BCUT2D eigenvalue weighted by Crippen LogP contribution is 2.36. The van der Waals surface area contributed by atoms with Crippen molar-refractivity contribution < 1.29 is 23.7 Å². The first-order valence-corrected chi connectivity index (χ1v) is 9.33. The van der Waals surface area contributed by atoms with Crippen molar-refractivity contribution in [3.05, 3.63) is 53.1 Å². The van der Waals surface area contributed by atoms with Crippen molar-refractivity contribution in [2.45, 2.75) is 13.0 Å². The number of nitrogens with one attached hydrogen (secondary N) is 1. The van der Waals surface area contributed by atoms with Gasteiger partial charge in [0.05, 0.1) is 25.3 Å². The van der Waals surface area contributed by atoms with Crippen LogP contribution in [0.25, 0.3) is 6.08 Å². The molecule has 3 rings (SSSR count). The highest BCUT2D eigenvalue weighted by atomic mass is 35.5. The van der Waals surface area contributed by atoms with Crippen molar-refractivity contribution in [3.8, 4) is 23.0 Å². The monoisotopic (exact) mass is 403 g/mol. The van der Waals surface area contributed by atoms with Crippen molar-refractivity contribution in [1.29, 1.82) is 0 Å². The quantitative estimate of drug-likeness (QED) is 0.714. The number of benzene rings is 2. The van der Waals surface area contributed by atoms with Crippen LogP contribution in [0.3, 0.4) is 0 Å². The molecule has 0 aromatic heterocycles. The van der Waals surface area contributed by atoms with Crippen LogP contribution in [0.2, 0.25) is 5.02 Å². The Morgan fingerprint density at radius 2 is 2.11 bits per heavy atom. The fraction of sp³-hybridized carbons (Fsp3) is 0.286. The van der Waals surface area contributed by atoms with E-state index >= 15 is 0 Å². The van der Waals surface area contributed by atoms with Crippen LogP contribution in [0.5, 0.6) is 23.0 Å². The molecule has 1 heterocycles. The maximum atomic E-state index is 12.1. The number of ether oxygens (including phenoxy) is 4. The summed E-state index contributed by atoms with van der Waals surface area (Å²) < 4.78 is 22.2. The Bertz CT molecular complexity index is 868. The molecule has 0 saturated heterocycles. The lowest BCUT2D eigenvalue weighted by molar-refractivity contribution is -0.116. The fourth-order valence-electron chi connectivity index (χ4n) is 2.73. The first-order valence-electron chi connectivity index (χ1n) is 8.95. The van der Waals surface area contributed by atoms with E-state index in [0.29, 0.717) is 47.8 Å². The maximum Gasteiger partial charge on any atom is 0.244 e. The maximum absolute atomic E-state index is 12.1. The van der Waals surface area contributed by atoms with E-state index in [9.17, 15) is 4.79 Å². The van der Waals surface area contributed by atoms with Gasteiger partial charge in [-0.3, -0.25) is 4.79 Å². The predicted octanol–water partition coefficient (Wildman–Crippen LogP) is 3.72. The predicted molar refractivity (Wildman–Crippen MR) is 108 cm³/mol. The minimum absolute atomic E-state index is 0.243. The summed E-state index contributed by atoms with van der Waals surface area (Å²) in [5.41, 5.74) is 0.728. The average Bonchev–Trinajstić information content (AvgIpc) is 2.72. The van der Waals surface area contributed by atoms with Gasteiger partial charge in [-0.2, -0.15) is 0 Å². The van der Waals surface area contributed by atoms with Gasteiger partial charge in [0.25, 0.3) is 0 Å². The van der Waals surface area contributed by atoms with Gasteiger partial charge < -0.3 is 24.3 Å². The van der Waals surface area contributed by atoms with Crippen LogP contribution in [0.4, 0.5) is 0 Å². The molecule has 0 bridgehead atoms. The van der Waals surface area contributed by atoms with Gasteiger partial charge in [-0.1, -0.05) is 23.7 Å². The second kappa shape index (κ2) is 9.37. The molecule has 148 valence electrons. The third-order valence-electron chi connectivity index (χ3n) is 4.04. The molecule has 7 heteroatoms. The molecule has 1 atom stereocenters. The Hall–Kier alpha value is -2.86. The number of fused-ring (bicyclic) bond motifs is 1. The number of amides is 1. The molecule has 1 N–H and O–H groups in total. The second-order valence-corrected chi connectivity index (χ2v) is 6.45. The summed E-state index contributed by atoms with van der Waals surface area (Å²) in [5.74, 6) is 2.15. The molecule has 0 fully saturated rings. The van der Waals surface area contributed by atoms with Gasteiger partial charge in [0.2, 0.25) is 5.91 Å². The number of carbonyl (C=O) groups excluding carboxylic acids is 1. The van der Waals surface area contributed by atoms with Crippen molar-refractivity contribution in [3.63, 3.8) is 0 Å². The third kappa shape index (κ3) is 4.89. The second-order valence-electron chi connectivity index (χ2n) is 6.04. The van der Waals surface area contributed by atoms with Crippen LogP contribution < -0.4 is 24.3 Å². The van der Waals surface area contributed by atoms with Gasteiger partial charge in [0.15, 0.2) is 23.0 Å². The lowest BCUT2D eigenvalue weighted by atomic mass is 10.2. The van der Waals surface area contributed by atoms with E-state index in [0.717, 1.165) is 5.56 Å². The van der Waals surface area contributed by atoms with Gasteiger partial charge in [-0.15, -0.1) is 0 Å². The van der Waals surface area contributed by atoms with Crippen molar-refractivity contribution in [2.75, 3.05) is 26.9 Å². The molecule has 1 amide bonds. The summed E-state index contributed by atoms with van der Waals surface area (Å²) >= 11 is 6.24. The number of hydrogen-bond acceptors (Lipinski definition) is 5. The highest BCUT2D eigenvalue weighted by molar-refractivity contribution is 6.32. The number of methoxy groups -OCH3 is 1. The van der Waals surface area contributed by atoms with E-state index in [1.807, 2.05) is 31.2 Å². The smallest absolute Gasteiger partial charge is 0.244 e. The molecular weight excluding hydrogens is 382 g/mol. The normalized spacial score (nSPS) is 15.3. The van der Waals surface area contributed by atoms with Crippen LogP contribution in [0, 0.1) is 0 Å². The summed E-state index contributed by atoms with van der Waals surface area (Å²) in [5, 5.41) is 3.23. The summed E-state index contributed by atoms with van der Waals surface area (Å²) in [6, 6.07) is 10.9. The van der Waals surface area contributed by atoms with E-state index in [-0.39, 0.29) is 12.0 Å². The Balaban J connectivity index is 1.56. The number of halogens is 1. The molecule has 28 heavy (non-hydrogen) atoms. The van der Waals surface area contributed by atoms with E-state index in [4.69, 9.17) is 30.5 Å². The number of rotatable bonds is 7. The molecule has 0 aliphatic carbocycles. The average molecular weight is 404 g/mol. The van der Waals surface area contributed by atoms with E-state index in [1.165, 1.54) is 6.08 Å². The molecule has 1 unspecified atom stereocenters. The molecule has 2 aromatic carbocycles. The summed E-state index contributed by atoms with van der Waals surface area (Å²) in [6.45, 7) is 3.07. The van der Waals surface area contributed by atoms with E-state index in [2.05, 4.69) is 5.32 Å². The summed E-state index contributed by atoms with van der Waals surface area (Å²) in [7, 11) is 1.54. The van der Waals surface area contributed by atoms with Crippen LogP contribution in [0.15, 0.2) is 42.5 Å². The summed E-state index contributed by atoms with van der Waals surface area (Å²) in [4.78, 5) is 12.1. The molecule has 0 radical (unpaired) electrons. The standard InChI is InChI=1S/C21H22ClNO5/c1-3-26-21-16(22)10-14(11-19(21)25-2)8-9-20(24)23-12-15-13-27-17-6-4-5-7-18(17)28-15/h4-11,15H,3,12-13H2,1-2H3,(H,23,24)/b9-8+. The molecule has 2 aromatic rings. The number of para-hydroxylation sites is 2. The molecule has 1 aliphatic heterocycles. The lowest BCUT2D eigenvalue weighted by Crippen LogP contribution is -2.40. The Labute approximate surface area is 169 Å². The Morgan fingerprint density at radius 3 is 2.86 bits per heavy atom. The Morgan fingerprint density at radius 1 is 1.32 bits per heavy atom. The van der Waals surface area contributed by atoms with Crippen molar-refractivity contribution in [1.82, 2.24) is 5.32 Å². The zero-order valence-corrected chi connectivity index (χ0v) is 16.5. The third-order valence-corrected chi connectivity index (χ3v) is 4.32. The minimum atomic E-state index is -0.244. The van der Waals surface area contributed by atoms with Crippen LogP contribution in [0.1, 0.15) is 12.5 Å². The van der Waals surface area contributed by atoms with Crippen molar-refractivity contribution >= 4 is 23.6 Å². The van der Waals surface area contributed by atoms with Crippen LogP contribution >= 0.6 is 11.6 Å². The first-order chi connectivity index (χ1) is 13.6. The summed E-state index contributed by atoms with van der Waals surface area (Å²) in [6.07, 6.45) is 2.85. The van der Waals surface area contributed by atoms with E-state index < -0.39 is 0 Å². The zero-order chi connectivity index (χ0) is 19.9. The molecule has 1 aliphatic rings. The zero-order valence-electron chi connectivity index (χ0n) is 15.7. The topological polar surface area (TPSA) is 66.0 Å². The SMILES string of the molecule is CCOc1c(Cl)cc(/C=C/C(=O)NCC2COc3ccccc3O2)cc1OC. The largest absolute Gasteiger partial charge is 0.493 e. The van der Waals surface area contributed by atoms with Crippen LogP contribution in [-0.2, 0) is 4.79 Å². The van der Waals surface area contributed by atoms with Crippen molar-refractivity contribution in [2.24, 2.45) is 0 Å². The van der Waals surface area contributed by atoms with Gasteiger partial charge in [-0.05, 0) is 42.8 Å². The molecular formula is C21H22ClNO5. The molecule has 6 nitrogen and oxygen atoms in total. The first kappa shape index (κ1) is 19.9. The molecule has 0 spiro atoms. The van der Waals surface area contributed by atoms with Gasteiger partial charge in [-0.25, -0.2) is 0 Å². The highest BCUT2D eigenvalue weighted by Gasteiger charge is 2.20.